The second-order valence-corrected chi connectivity index (χ2v) is 25.1. The molecule has 2 aromatic heterocycles. The van der Waals surface area contributed by atoms with E-state index in [9.17, 15) is 54.4 Å². The third kappa shape index (κ3) is 14.5. The van der Waals surface area contributed by atoms with Crippen LogP contribution in [0.3, 0.4) is 0 Å². The summed E-state index contributed by atoms with van der Waals surface area (Å²) in [7, 11) is -7.22. The number of benzene rings is 4. The quantitative estimate of drug-likeness (QED) is 0.0505. The Morgan fingerprint density at radius 1 is 0.590 bits per heavy atom. The topological polar surface area (TPSA) is 349 Å². The molecule has 436 valence electrons. The summed E-state index contributed by atoms with van der Waals surface area (Å²) in [5.74, 6) is -4.94. The molecule has 6 amide bonds. The monoisotopic (exact) mass is 1330 g/mol. The normalized spacial score (nSPS) is 15.9. The molecule has 6 aromatic rings. The average molecular weight is 1330 g/mol. The number of hydrogen-bond acceptors (Lipinski definition) is 18. The molecule has 0 radical (unpaired) electrons. The summed E-state index contributed by atoms with van der Waals surface area (Å²) in [6, 6.07) is 21.0. The molecule has 0 unspecified atom stereocenters. The predicted octanol–water partition coefficient (Wildman–Crippen LogP) is 5.63. The van der Waals surface area contributed by atoms with E-state index in [0.717, 1.165) is 21.9 Å². The molecule has 0 bridgehead atoms. The average Bonchev–Trinajstić information content (AvgIpc) is 3.85. The lowest BCUT2D eigenvalue weighted by Gasteiger charge is -2.32. The highest BCUT2D eigenvalue weighted by Crippen LogP contribution is 2.31. The van der Waals surface area contributed by atoms with Crippen LogP contribution in [-0.4, -0.2) is 153 Å². The van der Waals surface area contributed by atoms with Gasteiger partial charge in [-0.05, 0) is 118 Å². The van der Waals surface area contributed by atoms with Gasteiger partial charge >= 0.3 is 0 Å². The van der Waals surface area contributed by atoms with Crippen LogP contribution < -0.4 is 33.2 Å². The molecule has 31 heteroatoms. The number of nitrogens with one attached hydrogen (secondary N) is 3. The maximum Gasteiger partial charge on any atom is 0.261 e. The van der Waals surface area contributed by atoms with Crippen LogP contribution in [0.25, 0.3) is 0 Å². The lowest BCUT2D eigenvalue weighted by Crippen LogP contribution is -2.45. The van der Waals surface area contributed by atoms with Crippen molar-refractivity contribution < 1.29 is 54.4 Å². The highest BCUT2D eigenvalue weighted by molar-refractivity contribution is 9.11. The van der Waals surface area contributed by atoms with E-state index < -0.39 is 67.1 Å². The van der Waals surface area contributed by atoms with Gasteiger partial charge in [-0.1, -0.05) is 36.4 Å². The molecule has 0 atom stereocenters. The molecule has 9 N–H and O–H groups in total. The van der Waals surface area contributed by atoms with Crippen molar-refractivity contribution in [1.29, 1.82) is 0 Å². The number of halogens is 5. The number of amides is 6. The van der Waals surface area contributed by atoms with Gasteiger partial charge < -0.3 is 33.2 Å². The molecule has 2 fully saturated rings. The van der Waals surface area contributed by atoms with Crippen LogP contribution in [0.1, 0.15) is 87.8 Å². The standard InChI is InChI=1S/C26H25BrFN7O5S.C15H19N3O4S.C11H7BrClFN4O/c27-18-14-30-26(33-23(18)32-20-7-3-6-19(28)21(20)22(29)36)31-15-8-10-34(11-9-15)41(39,40)13-12-35-24(37)16-4-1-2-5-17(16)25(35)38;16-11-5-7-17(8-6-11)23(21,22)10-9-18-14(19)12-3-1-2-4-13(12)15(18)20;12-5-4-16-11(13)18-10(5)17-7-3-1-2-6(14)8(7)9(15)19/h1-7,14-15H,8-13H2,(H2,29,36)(H2,30,31,32,33);1-4,11H,5-10,16H2;1-4H,(H2,15,19)(H,16,17,18). The minimum Gasteiger partial charge on any atom is -0.365 e. The van der Waals surface area contributed by atoms with Crippen LogP contribution in [0.2, 0.25) is 5.28 Å². The first-order valence-electron chi connectivity index (χ1n) is 25.2. The SMILES string of the molecule is NC(=O)c1c(F)cccc1Nc1nc(Cl)ncc1Br.NC(=O)c1c(F)cccc1Nc1nc(NC2CCN(S(=O)(=O)CCN3C(=O)c4ccccc4C3=O)CC2)ncc1Br.NC1CCN(S(=O)(=O)CCN2C(=O)c3ccccc3C2=O)CC1. The van der Waals surface area contributed by atoms with Gasteiger partial charge in [-0.25, -0.2) is 44.2 Å². The first-order valence-corrected chi connectivity index (χ1v) is 30.4. The molecular formula is C52H51Br2ClF2N14O10S2. The van der Waals surface area contributed by atoms with E-state index in [1.165, 1.54) is 45.3 Å². The third-order valence-corrected chi connectivity index (χ3v) is 18.5. The summed E-state index contributed by atoms with van der Waals surface area (Å²) >= 11 is 12.2. The summed E-state index contributed by atoms with van der Waals surface area (Å²) in [5.41, 5.74) is 17.3. The fraction of sp³-hybridized carbons (Fsp3) is 0.269. The van der Waals surface area contributed by atoms with Crippen molar-refractivity contribution in [1.82, 2.24) is 38.3 Å². The number of imide groups is 2. The fourth-order valence-corrected chi connectivity index (χ4v) is 12.7. The number of carbonyl (C=O) groups is 6. The van der Waals surface area contributed by atoms with Crippen molar-refractivity contribution in [2.75, 3.05) is 66.7 Å². The number of carbonyl (C=O) groups excluding carboxylic acids is 6. The van der Waals surface area contributed by atoms with Crippen molar-refractivity contribution in [3.05, 3.63) is 157 Å². The van der Waals surface area contributed by atoms with Crippen LogP contribution in [0.5, 0.6) is 0 Å². The third-order valence-electron chi connectivity index (χ3n) is 13.5. The Kier molecular flexibility index (Phi) is 19.6. The van der Waals surface area contributed by atoms with Gasteiger partial charge in [0.1, 0.15) is 23.3 Å². The summed E-state index contributed by atoms with van der Waals surface area (Å²) in [6.45, 7) is 0.899. The van der Waals surface area contributed by atoms with E-state index in [-0.39, 0.29) is 100 Å². The number of nitrogens with two attached hydrogens (primary N) is 3. The van der Waals surface area contributed by atoms with Gasteiger partial charge in [0, 0.05) is 63.7 Å². The highest BCUT2D eigenvalue weighted by Gasteiger charge is 2.39. The van der Waals surface area contributed by atoms with Gasteiger partial charge in [-0.2, -0.15) is 9.97 Å². The van der Waals surface area contributed by atoms with E-state index in [2.05, 4.69) is 67.7 Å². The smallest absolute Gasteiger partial charge is 0.261 e. The maximum absolute atomic E-state index is 14.1. The Morgan fingerprint density at radius 2 is 0.976 bits per heavy atom. The molecule has 4 aromatic carbocycles. The Balaban J connectivity index is 0.000000180. The zero-order valence-corrected chi connectivity index (χ0v) is 49.0. The minimum atomic E-state index is -3.72. The fourth-order valence-electron chi connectivity index (χ4n) is 9.14. The molecule has 2 saturated heterocycles. The molecule has 83 heavy (non-hydrogen) atoms. The number of nitrogens with zero attached hydrogens (tertiary/aromatic N) is 8. The van der Waals surface area contributed by atoms with E-state index in [1.54, 1.807) is 48.5 Å². The van der Waals surface area contributed by atoms with Gasteiger partial charge in [0.05, 0.1) is 65.2 Å². The van der Waals surface area contributed by atoms with E-state index in [1.807, 2.05) is 0 Å². The highest BCUT2D eigenvalue weighted by atomic mass is 79.9. The van der Waals surface area contributed by atoms with Crippen LogP contribution in [0.4, 0.5) is 37.7 Å². The van der Waals surface area contributed by atoms with Crippen LogP contribution in [0.15, 0.2) is 106 Å². The Labute approximate surface area is 495 Å². The van der Waals surface area contributed by atoms with Gasteiger partial charge in [-0.15, -0.1) is 0 Å². The number of rotatable bonds is 16. The zero-order chi connectivity index (χ0) is 59.9. The van der Waals surface area contributed by atoms with E-state index >= 15 is 0 Å². The summed E-state index contributed by atoms with van der Waals surface area (Å²) < 4.78 is 82.2. The van der Waals surface area contributed by atoms with Crippen LogP contribution in [-0.2, 0) is 20.0 Å². The molecule has 0 spiro atoms. The van der Waals surface area contributed by atoms with E-state index in [4.69, 9.17) is 28.8 Å². The van der Waals surface area contributed by atoms with Gasteiger partial charge in [0.2, 0.25) is 31.3 Å². The van der Waals surface area contributed by atoms with Gasteiger partial charge in [0.25, 0.3) is 35.4 Å². The molecule has 4 aliphatic rings. The van der Waals surface area contributed by atoms with E-state index in [0.29, 0.717) is 64.7 Å². The molecule has 24 nitrogen and oxygen atoms in total. The lowest BCUT2D eigenvalue weighted by molar-refractivity contribution is 0.0647. The first-order chi connectivity index (χ1) is 39.4. The zero-order valence-electron chi connectivity index (χ0n) is 43.5. The summed E-state index contributed by atoms with van der Waals surface area (Å²) in [5, 5.41) is 8.88. The molecule has 4 aliphatic heterocycles. The number of sulfonamides is 2. The van der Waals surface area contributed by atoms with Crippen molar-refractivity contribution in [3.63, 3.8) is 0 Å². The Bertz CT molecular complexity index is 3700. The van der Waals surface area contributed by atoms with Crippen LogP contribution in [0, 0.1) is 11.6 Å². The number of piperidine rings is 2. The van der Waals surface area contributed by atoms with Crippen molar-refractivity contribution >= 4 is 128 Å². The number of aromatic nitrogens is 4. The van der Waals surface area contributed by atoms with Crippen LogP contribution >= 0.6 is 43.5 Å². The number of hydrogen-bond donors (Lipinski definition) is 6. The number of primary amides is 2. The number of fused-ring (bicyclic) bond motifs is 2. The molecule has 6 heterocycles. The maximum atomic E-state index is 14.1. The molecular weight excluding hydrogens is 1280 g/mol. The molecule has 0 aliphatic carbocycles. The molecule has 10 rings (SSSR count). The second-order valence-electron chi connectivity index (χ2n) is 18.8. The lowest BCUT2D eigenvalue weighted by atomic mass is 10.1. The number of anilines is 5. The van der Waals surface area contributed by atoms with Crippen molar-refractivity contribution in [2.45, 2.75) is 37.8 Å². The molecule has 0 saturated carbocycles. The van der Waals surface area contributed by atoms with Crippen molar-refractivity contribution in [3.8, 4) is 0 Å². The van der Waals surface area contributed by atoms with Gasteiger partial charge in [0.15, 0.2) is 0 Å². The van der Waals surface area contributed by atoms with Crippen molar-refractivity contribution in [2.24, 2.45) is 17.2 Å². The second kappa shape index (κ2) is 26.4. The summed E-state index contributed by atoms with van der Waals surface area (Å²) in [4.78, 5) is 90.9. The predicted molar refractivity (Wildman–Crippen MR) is 309 cm³/mol. The minimum absolute atomic E-state index is 0.0164. The Hall–Kier alpha value is -7.45. The van der Waals surface area contributed by atoms with Gasteiger partial charge in [-0.3, -0.25) is 38.6 Å². The Morgan fingerprint density at radius 3 is 1.39 bits per heavy atom. The first kappa shape index (κ1) is 61.6. The summed E-state index contributed by atoms with van der Waals surface area (Å²) in [6.07, 6.45) is 5.10. The largest absolute Gasteiger partial charge is 0.365 e.